The van der Waals surface area contributed by atoms with Gasteiger partial charge < -0.3 is 10.2 Å². The van der Waals surface area contributed by atoms with E-state index < -0.39 is 23.1 Å². The van der Waals surface area contributed by atoms with E-state index in [1.807, 2.05) is 45.6 Å². The molecule has 186 valence electrons. The maximum absolute atomic E-state index is 14.1. The Morgan fingerprint density at radius 1 is 1.00 bits per heavy atom. The van der Waals surface area contributed by atoms with Gasteiger partial charge in [0.2, 0.25) is 11.8 Å². The third-order valence-corrected chi connectivity index (χ3v) is 9.54. The topological polar surface area (TPSA) is 69.7 Å². The Bertz CT molecular complexity index is 1110. The van der Waals surface area contributed by atoms with Gasteiger partial charge in [0.15, 0.2) is 0 Å². The number of rotatable bonds is 7. The molecule has 2 unspecified atom stereocenters. The van der Waals surface area contributed by atoms with E-state index in [0.29, 0.717) is 12.3 Å². The van der Waals surface area contributed by atoms with Gasteiger partial charge in [0, 0.05) is 18.8 Å². The highest BCUT2D eigenvalue weighted by molar-refractivity contribution is 7.86. The van der Waals surface area contributed by atoms with E-state index in [0.717, 1.165) is 49.9 Å². The smallest absolute Gasteiger partial charge is 0.246 e. The number of amides is 2. The van der Waals surface area contributed by atoms with E-state index in [4.69, 9.17) is 0 Å². The molecule has 2 fully saturated rings. The van der Waals surface area contributed by atoms with Crippen LogP contribution in [0.4, 0.5) is 5.69 Å². The first-order valence-corrected chi connectivity index (χ1v) is 14.2. The molecule has 5 rings (SSSR count). The van der Waals surface area contributed by atoms with Crippen LogP contribution in [0.15, 0.2) is 48.5 Å². The van der Waals surface area contributed by atoms with Crippen molar-refractivity contribution < 1.29 is 13.8 Å². The molecule has 0 radical (unpaired) electrons. The molecule has 0 spiro atoms. The van der Waals surface area contributed by atoms with Crippen LogP contribution in [0.3, 0.4) is 0 Å². The summed E-state index contributed by atoms with van der Waals surface area (Å²) < 4.78 is 14.6. The number of nitrogens with one attached hydrogen (secondary N) is 1. The van der Waals surface area contributed by atoms with Crippen LogP contribution in [0.1, 0.15) is 49.8 Å². The van der Waals surface area contributed by atoms with Gasteiger partial charge in [-0.15, -0.1) is 0 Å². The lowest BCUT2D eigenvalue weighted by Gasteiger charge is -2.44. The zero-order valence-corrected chi connectivity index (χ0v) is 21.4. The summed E-state index contributed by atoms with van der Waals surface area (Å²) in [5.74, 6) is 0.794. The van der Waals surface area contributed by atoms with E-state index in [1.165, 1.54) is 11.1 Å². The first-order chi connectivity index (χ1) is 17.0. The maximum Gasteiger partial charge on any atom is 0.246 e. The summed E-state index contributed by atoms with van der Waals surface area (Å²) in [5, 5.41) is 3.15. The number of fused-ring (bicyclic) bond motifs is 1. The molecule has 2 aromatic rings. The maximum atomic E-state index is 14.1. The monoisotopic (exact) mass is 493 g/mol. The van der Waals surface area contributed by atoms with Crippen molar-refractivity contribution in [2.75, 3.05) is 16.6 Å². The number of benzene rings is 2. The SMILES string of the molecule is CCC(CC)[C@@H]1C(=O)NC(C2Cc3ccccc3C2)C(=O)N1Cc1ccccc1N1CCCS1=O. The molecule has 3 aliphatic rings. The Labute approximate surface area is 210 Å². The van der Waals surface area contributed by atoms with E-state index >= 15 is 0 Å². The fourth-order valence-electron chi connectivity index (χ4n) is 6.13. The number of nitrogens with zero attached hydrogens (tertiary/aromatic N) is 2. The van der Waals surface area contributed by atoms with Gasteiger partial charge in [-0.1, -0.05) is 69.2 Å². The molecule has 6 nitrogen and oxygen atoms in total. The minimum atomic E-state index is -1.05. The predicted molar refractivity (Wildman–Crippen MR) is 139 cm³/mol. The van der Waals surface area contributed by atoms with Gasteiger partial charge in [-0.05, 0) is 53.9 Å². The highest BCUT2D eigenvalue weighted by Gasteiger charge is 2.47. The summed E-state index contributed by atoms with van der Waals surface area (Å²) in [7, 11) is -1.05. The molecule has 1 N–H and O–H groups in total. The lowest BCUT2D eigenvalue weighted by molar-refractivity contribution is -0.154. The van der Waals surface area contributed by atoms with E-state index in [9.17, 15) is 13.8 Å². The second-order valence-electron chi connectivity index (χ2n) is 10.0. The highest BCUT2D eigenvalue weighted by atomic mass is 32.2. The zero-order valence-electron chi connectivity index (χ0n) is 20.6. The molecule has 2 saturated heterocycles. The van der Waals surface area contributed by atoms with Crippen molar-refractivity contribution >= 4 is 28.5 Å². The number of piperazine rings is 1. The van der Waals surface area contributed by atoms with E-state index in [2.05, 4.69) is 31.3 Å². The van der Waals surface area contributed by atoms with Crippen LogP contribution >= 0.6 is 0 Å². The van der Waals surface area contributed by atoms with Crippen LogP contribution in [-0.4, -0.2) is 45.3 Å². The van der Waals surface area contributed by atoms with Gasteiger partial charge in [-0.25, -0.2) is 4.21 Å². The summed E-state index contributed by atoms with van der Waals surface area (Å²) in [6.07, 6.45) is 4.16. The molecule has 7 heteroatoms. The van der Waals surface area contributed by atoms with Gasteiger partial charge >= 0.3 is 0 Å². The molecule has 2 amide bonds. The van der Waals surface area contributed by atoms with Crippen molar-refractivity contribution in [3.63, 3.8) is 0 Å². The van der Waals surface area contributed by atoms with Crippen molar-refractivity contribution in [3.8, 4) is 0 Å². The van der Waals surface area contributed by atoms with Crippen molar-refractivity contribution in [1.29, 1.82) is 0 Å². The Balaban J connectivity index is 1.47. The van der Waals surface area contributed by atoms with Crippen LogP contribution in [-0.2, 0) is 40.0 Å². The Kier molecular flexibility index (Phi) is 6.96. The average molecular weight is 494 g/mol. The second kappa shape index (κ2) is 10.1. The van der Waals surface area contributed by atoms with Crippen LogP contribution in [0.2, 0.25) is 0 Å². The predicted octanol–water partition coefficient (Wildman–Crippen LogP) is 3.61. The number of anilines is 1. The lowest BCUT2D eigenvalue weighted by atomic mass is 9.86. The van der Waals surface area contributed by atoms with Gasteiger partial charge in [-0.3, -0.25) is 13.9 Å². The number of carbonyl (C=O) groups excluding carboxylic acids is 2. The summed E-state index contributed by atoms with van der Waals surface area (Å²) in [6, 6.07) is 15.2. The van der Waals surface area contributed by atoms with Crippen molar-refractivity contribution in [2.24, 2.45) is 11.8 Å². The molecule has 2 aliphatic heterocycles. The van der Waals surface area contributed by atoms with Crippen molar-refractivity contribution in [3.05, 3.63) is 65.2 Å². The standard InChI is InChI=1S/C28H35N3O3S/c1-3-19(4-2)26-27(32)29-25(23-16-20-10-5-6-11-21(20)17-23)28(33)30(26)18-22-12-7-8-13-24(22)31-14-9-15-35(31)34/h5-8,10-13,19,23,25-26H,3-4,9,14-18H2,1-2H3,(H,29,32)/t25?,26-,35?/m1/s1. The number of hydrogen-bond donors (Lipinski definition) is 1. The fraction of sp³-hybridized carbons (Fsp3) is 0.500. The molecule has 3 atom stereocenters. The number of para-hydroxylation sites is 1. The third-order valence-electron chi connectivity index (χ3n) is 8.03. The minimum absolute atomic E-state index is 0.0108. The van der Waals surface area contributed by atoms with Crippen molar-refractivity contribution in [1.82, 2.24) is 10.2 Å². The minimum Gasteiger partial charge on any atom is -0.342 e. The molecule has 0 saturated carbocycles. The zero-order chi connectivity index (χ0) is 24.5. The molecule has 0 aromatic heterocycles. The molecule has 0 bridgehead atoms. The van der Waals surface area contributed by atoms with Gasteiger partial charge in [0.05, 0.1) is 5.69 Å². The first-order valence-electron chi connectivity index (χ1n) is 12.9. The van der Waals surface area contributed by atoms with Crippen LogP contribution in [0.5, 0.6) is 0 Å². The van der Waals surface area contributed by atoms with Crippen LogP contribution in [0.25, 0.3) is 0 Å². The third kappa shape index (κ3) is 4.51. The van der Waals surface area contributed by atoms with Gasteiger partial charge in [-0.2, -0.15) is 0 Å². The Morgan fingerprint density at radius 2 is 1.66 bits per heavy atom. The van der Waals surface area contributed by atoms with Crippen LogP contribution in [0, 0.1) is 11.8 Å². The Hall–Kier alpha value is -2.67. The highest BCUT2D eigenvalue weighted by Crippen LogP contribution is 2.34. The quantitative estimate of drug-likeness (QED) is 0.641. The van der Waals surface area contributed by atoms with Gasteiger partial charge in [0.1, 0.15) is 23.1 Å². The first kappa shape index (κ1) is 24.0. The number of hydrogen-bond acceptors (Lipinski definition) is 3. The molecule has 35 heavy (non-hydrogen) atoms. The normalized spacial score (nSPS) is 24.8. The molecular weight excluding hydrogens is 458 g/mol. The molecule has 2 heterocycles. The van der Waals surface area contributed by atoms with Crippen LogP contribution < -0.4 is 9.62 Å². The summed E-state index contributed by atoms with van der Waals surface area (Å²) in [4.78, 5) is 29.5. The Morgan fingerprint density at radius 3 is 2.29 bits per heavy atom. The molecular formula is C28H35N3O3S. The summed E-state index contributed by atoms with van der Waals surface area (Å²) in [6.45, 7) is 5.28. The average Bonchev–Trinajstić information content (AvgIpc) is 3.49. The number of carbonyl (C=O) groups is 2. The summed E-state index contributed by atoms with van der Waals surface area (Å²) >= 11 is 0. The van der Waals surface area contributed by atoms with E-state index in [-0.39, 0.29) is 23.7 Å². The molecule has 2 aromatic carbocycles. The van der Waals surface area contributed by atoms with E-state index in [1.54, 1.807) is 0 Å². The largest absolute Gasteiger partial charge is 0.342 e. The molecule has 1 aliphatic carbocycles. The fourth-order valence-corrected chi connectivity index (χ4v) is 7.46. The second-order valence-corrected chi connectivity index (χ2v) is 11.5. The lowest BCUT2D eigenvalue weighted by Crippen LogP contribution is -2.66. The van der Waals surface area contributed by atoms with Crippen molar-refractivity contribution in [2.45, 2.75) is 64.6 Å². The van der Waals surface area contributed by atoms with Gasteiger partial charge in [0.25, 0.3) is 0 Å². The summed E-state index contributed by atoms with van der Waals surface area (Å²) in [5.41, 5.74) is 4.41.